The minimum Gasteiger partial charge on any atom is -0.480 e. The fourth-order valence-electron chi connectivity index (χ4n) is 2.32. The van der Waals surface area contributed by atoms with Crippen molar-refractivity contribution in [3.8, 4) is 5.88 Å². The first-order chi connectivity index (χ1) is 13.2. The molecule has 7 heteroatoms. The summed E-state index contributed by atoms with van der Waals surface area (Å²) >= 11 is 0. The van der Waals surface area contributed by atoms with Gasteiger partial charge in [-0.2, -0.15) is 0 Å². The molecule has 2 aromatic heterocycles. The van der Waals surface area contributed by atoms with Gasteiger partial charge in [-0.3, -0.25) is 0 Å². The summed E-state index contributed by atoms with van der Waals surface area (Å²) < 4.78 is 5.23. The van der Waals surface area contributed by atoms with Crippen LogP contribution in [0.25, 0.3) is 0 Å². The lowest BCUT2D eigenvalue weighted by atomic mass is 10.1. The number of nitrogens with one attached hydrogen (secondary N) is 3. The third-order valence-corrected chi connectivity index (χ3v) is 3.52. The summed E-state index contributed by atoms with van der Waals surface area (Å²) in [5.41, 5.74) is 3.41. The first kappa shape index (κ1) is 19.8. The van der Waals surface area contributed by atoms with E-state index in [4.69, 9.17) is 10.1 Å². The molecular formula is C20H24N6O. The number of aryl methyl sites for hydroxylation is 1. The second kappa shape index (κ2) is 9.86. The summed E-state index contributed by atoms with van der Waals surface area (Å²) in [7, 11) is 1.57. The average molecular weight is 364 g/mol. The first-order valence-corrected chi connectivity index (χ1v) is 8.66. The molecule has 0 aliphatic carbocycles. The highest BCUT2D eigenvalue weighted by Gasteiger charge is 2.07. The second-order valence-corrected chi connectivity index (χ2v) is 5.33. The molecule has 140 valence electrons. The molecule has 2 heterocycles. The molecule has 7 nitrogen and oxygen atoms in total. The topological polar surface area (TPSA) is 95.8 Å². The third kappa shape index (κ3) is 5.24. The van der Waals surface area contributed by atoms with Crippen LogP contribution in [0.1, 0.15) is 25.0 Å². The summed E-state index contributed by atoms with van der Waals surface area (Å²) in [6, 6.07) is 11.3. The highest BCUT2D eigenvalue weighted by molar-refractivity contribution is 5.87. The molecule has 3 aromatic rings. The number of hydrogen-bond acceptors (Lipinski definition) is 7. The molecule has 0 unspecified atom stereocenters. The maximum Gasteiger partial charge on any atom is 0.237 e. The van der Waals surface area contributed by atoms with Crippen molar-refractivity contribution in [2.24, 2.45) is 0 Å². The van der Waals surface area contributed by atoms with Gasteiger partial charge in [-0.05, 0) is 30.7 Å². The van der Waals surface area contributed by atoms with Crippen LogP contribution in [-0.4, -0.2) is 28.3 Å². The van der Waals surface area contributed by atoms with Gasteiger partial charge in [0.2, 0.25) is 5.88 Å². The number of aromatic nitrogens is 3. The zero-order valence-electron chi connectivity index (χ0n) is 15.9. The van der Waals surface area contributed by atoms with E-state index < -0.39 is 0 Å². The molecule has 0 saturated carbocycles. The standard InChI is InChI=1S/C18H18N6O.C2H6/c1-12-5-6-13(10-19)15(8-12)24-17-9-16(21-11-22-17)23-14-4-3-7-20-18(14)25-2;1-2/h3-11,19H,1-2H3,(H2,21,22,23,24);1-2H3. The van der Waals surface area contributed by atoms with Gasteiger partial charge in [0, 0.05) is 29.7 Å². The van der Waals surface area contributed by atoms with Gasteiger partial charge in [0.15, 0.2) is 0 Å². The summed E-state index contributed by atoms with van der Waals surface area (Å²) in [5.74, 6) is 1.71. The molecule has 0 radical (unpaired) electrons. The van der Waals surface area contributed by atoms with E-state index in [9.17, 15) is 0 Å². The fourth-order valence-corrected chi connectivity index (χ4v) is 2.32. The van der Waals surface area contributed by atoms with E-state index in [1.165, 1.54) is 12.5 Å². The van der Waals surface area contributed by atoms with Gasteiger partial charge >= 0.3 is 0 Å². The van der Waals surface area contributed by atoms with Gasteiger partial charge in [0.05, 0.1) is 7.11 Å². The number of anilines is 4. The smallest absolute Gasteiger partial charge is 0.237 e. The minimum absolute atomic E-state index is 0.486. The van der Waals surface area contributed by atoms with E-state index in [-0.39, 0.29) is 0 Å². The van der Waals surface area contributed by atoms with Crippen molar-refractivity contribution >= 4 is 29.2 Å². The number of ether oxygens (including phenoxy) is 1. The Morgan fingerprint density at radius 3 is 2.33 bits per heavy atom. The van der Waals surface area contributed by atoms with Crippen LogP contribution in [0.3, 0.4) is 0 Å². The minimum atomic E-state index is 0.486. The Labute approximate surface area is 159 Å². The van der Waals surface area contributed by atoms with Crippen molar-refractivity contribution in [1.82, 2.24) is 15.0 Å². The Balaban J connectivity index is 0.00000126. The van der Waals surface area contributed by atoms with Gasteiger partial charge in [-0.15, -0.1) is 0 Å². The molecule has 27 heavy (non-hydrogen) atoms. The summed E-state index contributed by atoms with van der Waals surface area (Å²) in [6.45, 7) is 6.00. The van der Waals surface area contributed by atoms with Crippen LogP contribution in [0.4, 0.5) is 23.0 Å². The van der Waals surface area contributed by atoms with E-state index in [0.717, 1.165) is 16.8 Å². The summed E-state index contributed by atoms with van der Waals surface area (Å²) in [6.07, 6.45) is 4.43. The number of hydrogen-bond donors (Lipinski definition) is 3. The van der Waals surface area contributed by atoms with Gasteiger partial charge in [0.1, 0.15) is 23.7 Å². The van der Waals surface area contributed by atoms with Crippen LogP contribution in [0, 0.1) is 12.3 Å². The van der Waals surface area contributed by atoms with E-state index in [1.54, 1.807) is 19.4 Å². The third-order valence-electron chi connectivity index (χ3n) is 3.52. The molecule has 0 spiro atoms. The average Bonchev–Trinajstić information content (AvgIpc) is 2.70. The fraction of sp³-hybridized carbons (Fsp3) is 0.200. The Morgan fingerprint density at radius 1 is 0.963 bits per heavy atom. The normalized spacial score (nSPS) is 9.63. The largest absolute Gasteiger partial charge is 0.480 e. The summed E-state index contributed by atoms with van der Waals surface area (Å²) in [4.78, 5) is 12.6. The molecule has 0 bridgehead atoms. The maximum atomic E-state index is 7.53. The lowest BCUT2D eigenvalue weighted by Crippen LogP contribution is -2.02. The Kier molecular flexibility index (Phi) is 7.25. The highest BCUT2D eigenvalue weighted by Crippen LogP contribution is 2.25. The molecule has 3 rings (SSSR count). The molecular weight excluding hydrogens is 340 g/mol. The number of rotatable bonds is 6. The molecule has 0 fully saturated rings. The molecule has 0 saturated heterocycles. The van der Waals surface area contributed by atoms with Crippen LogP contribution < -0.4 is 15.4 Å². The van der Waals surface area contributed by atoms with E-state index >= 15 is 0 Å². The Morgan fingerprint density at radius 2 is 1.67 bits per heavy atom. The van der Waals surface area contributed by atoms with Crippen LogP contribution in [0.15, 0.2) is 48.9 Å². The van der Waals surface area contributed by atoms with E-state index in [2.05, 4.69) is 25.6 Å². The second-order valence-electron chi connectivity index (χ2n) is 5.33. The highest BCUT2D eigenvalue weighted by atomic mass is 16.5. The van der Waals surface area contributed by atoms with Crippen molar-refractivity contribution in [3.63, 3.8) is 0 Å². The van der Waals surface area contributed by atoms with Crippen LogP contribution in [-0.2, 0) is 0 Å². The lowest BCUT2D eigenvalue weighted by Gasteiger charge is -2.12. The Bertz CT molecular complexity index is 897. The van der Waals surface area contributed by atoms with Crippen molar-refractivity contribution in [3.05, 3.63) is 60.0 Å². The number of methoxy groups -OCH3 is 1. The number of pyridine rings is 1. The molecule has 0 aliphatic heterocycles. The van der Waals surface area contributed by atoms with Crippen molar-refractivity contribution in [2.45, 2.75) is 20.8 Å². The zero-order chi connectivity index (χ0) is 19.6. The number of nitrogens with zero attached hydrogens (tertiary/aromatic N) is 3. The molecule has 0 atom stereocenters. The van der Waals surface area contributed by atoms with Gasteiger partial charge in [-0.25, -0.2) is 15.0 Å². The van der Waals surface area contributed by atoms with Crippen LogP contribution in [0.2, 0.25) is 0 Å². The van der Waals surface area contributed by atoms with Gasteiger partial charge in [0.25, 0.3) is 0 Å². The van der Waals surface area contributed by atoms with Crippen molar-refractivity contribution in [1.29, 1.82) is 5.41 Å². The summed E-state index contributed by atoms with van der Waals surface area (Å²) in [5, 5.41) is 13.9. The predicted octanol–water partition coefficient (Wildman–Crippen LogP) is 4.70. The molecule has 3 N–H and O–H groups in total. The predicted molar refractivity (Wildman–Crippen MR) is 110 cm³/mol. The SMILES string of the molecule is CC.COc1ncccc1Nc1cc(Nc2cc(C)ccc2C=N)ncn1. The Hall–Kier alpha value is -3.48. The molecule has 1 aromatic carbocycles. The number of benzene rings is 1. The van der Waals surface area contributed by atoms with Crippen LogP contribution in [0.5, 0.6) is 5.88 Å². The lowest BCUT2D eigenvalue weighted by molar-refractivity contribution is 0.400. The van der Waals surface area contributed by atoms with Gasteiger partial charge in [-0.1, -0.05) is 26.0 Å². The van der Waals surface area contributed by atoms with Crippen molar-refractivity contribution in [2.75, 3.05) is 17.7 Å². The first-order valence-electron chi connectivity index (χ1n) is 8.66. The van der Waals surface area contributed by atoms with Crippen LogP contribution >= 0.6 is 0 Å². The maximum absolute atomic E-state index is 7.53. The monoisotopic (exact) mass is 364 g/mol. The zero-order valence-corrected chi connectivity index (χ0v) is 15.9. The molecule has 0 amide bonds. The molecule has 0 aliphatic rings. The van der Waals surface area contributed by atoms with Gasteiger partial charge < -0.3 is 20.8 Å². The quantitative estimate of drug-likeness (QED) is 0.549. The van der Waals surface area contributed by atoms with E-state index in [1.807, 2.05) is 51.1 Å². The van der Waals surface area contributed by atoms with Crippen molar-refractivity contribution < 1.29 is 4.74 Å². The van der Waals surface area contributed by atoms with E-state index in [0.29, 0.717) is 23.2 Å².